The summed E-state index contributed by atoms with van der Waals surface area (Å²) in [4.78, 5) is 0. The van der Waals surface area contributed by atoms with Crippen LogP contribution in [0.15, 0.2) is 48.5 Å². The lowest BCUT2D eigenvalue weighted by atomic mass is 10.2. The summed E-state index contributed by atoms with van der Waals surface area (Å²) >= 11 is 0. The Kier molecular flexibility index (Phi) is 4.35. The molecule has 0 bridgehead atoms. The molecule has 0 saturated heterocycles. The second kappa shape index (κ2) is 6.19. The molecule has 2 unspecified atom stereocenters. The van der Waals surface area contributed by atoms with Crippen molar-refractivity contribution >= 4 is 0 Å². The van der Waals surface area contributed by atoms with E-state index in [1.807, 2.05) is 13.8 Å². The Morgan fingerprint density at radius 3 is 1.50 bits per heavy atom. The minimum atomic E-state index is -0.209. The molecule has 4 heteroatoms. The van der Waals surface area contributed by atoms with E-state index in [0.717, 1.165) is 0 Å². The van der Waals surface area contributed by atoms with Gasteiger partial charge in [0.15, 0.2) is 0 Å². The molecule has 2 aromatic carbocycles. The first-order valence-corrected chi connectivity index (χ1v) is 6.46. The maximum Gasteiger partial charge on any atom is 0.132 e. The first-order valence-electron chi connectivity index (χ1n) is 6.46. The van der Waals surface area contributed by atoms with E-state index < -0.39 is 0 Å². The minimum absolute atomic E-state index is 0.163. The maximum atomic E-state index is 9.39. The monoisotopic (exact) mass is 274 g/mol. The largest absolute Gasteiger partial charge is 0.508 e. The van der Waals surface area contributed by atoms with Crippen molar-refractivity contribution in [2.45, 2.75) is 26.1 Å². The van der Waals surface area contributed by atoms with Crippen molar-refractivity contribution in [2.24, 2.45) is 0 Å². The highest BCUT2D eigenvalue weighted by molar-refractivity contribution is 5.33. The third-order valence-electron chi connectivity index (χ3n) is 2.94. The lowest BCUT2D eigenvalue weighted by Gasteiger charge is -2.22. The van der Waals surface area contributed by atoms with Crippen molar-refractivity contribution in [1.29, 1.82) is 0 Å². The summed E-state index contributed by atoms with van der Waals surface area (Å²) in [7, 11) is 0. The van der Waals surface area contributed by atoms with Crippen molar-refractivity contribution < 1.29 is 19.7 Å². The van der Waals surface area contributed by atoms with Gasteiger partial charge in [0, 0.05) is 12.1 Å². The standard InChI is InChI=1S/C16H18O4/c1-11(19-15-7-3-5-13(17)9-15)12(2)20-16-8-4-6-14(18)10-16/h3-12,17-18H,1-2H3. The summed E-state index contributed by atoms with van der Waals surface area (Å²) in [6, 6.07) is 13.3. The molecule has 2 atom stereocenters. The molecule has 4 nitrogen and oxygen atoms in total. The molecule has 0 aliphatic heterocycles. The molecule has 0 spiro atoms. The van der Waals surface area contributed by atoms with Crippen LogP contribution in [0.2, 0.25) is 0 Å². The first kappa shape index (κ1) is 14.1. The lowest BCUT2D eigenvalue weighted by Crippen LogP contribution is -2.31. The number of hydrogen-bond acceptors (Lipinski definition) is 4. The van der Waals surface area contributed by atoms with Crippen LogP contribution in [-0.4, -0.2) is 22.4 Å². The van der Waals surface area contributed by atoms with Crippen molar-refractivity contribution in [3.8, 4) is 23.0 Å². The zero-order valence-corrected chi connectivity index (χ0v) is 11.5. The summed E-state index contributed by atoms with van der Waals surface area (Å²) in [5.41, 5.74) is 0. The quantitative estimate of drug-likeness (QED) is 0.878. The molecule has 20 heavy (non-hydrogen) atoms. The van der Waals surface area contributed by atoms with Crippen LogP contribution >= 0.6 is 0 Å². The summed E-state index contributed by atoms with van der Waals surface area (Å²) in [5, 5.41) is 18.8. The van der Waals surface area contributed by atoms with E-state index in [-0.39, 0.29) is 23.7 Å². The Labute approximate surface area is 118 Å². The molecule has 106 valence electrons. The second-order valence-electron chi connectivity index (χ2n) is 4.64. The summed E-state index contributed by atoms with van der Waals surface area (Å²) in [6.45, 7) is 3.77. The number of phenols is 2. The molecule has 2 rings (SSSR count). The van der Waals surface area contributed by atoms with E-state index in [9.17, 15) is 10.2 Å². The molecule has 0 aliphatic rings. The van der Waals surface area contributed by atoms with Gasteiger partial charge in [-0.25, -0.2) is 0 Å². The van der Waals surface area contributed by atoms with Gasteiger partial charge in [-0.15, -0.1) is 0 Å². The topological polar surface area (TPSA) is 58.9 Å². The van der Waals surface area contributed by atoms with E-state index in [0.29, 0.717) is 11.5 Å². The molecule has 0 radical (unpaired) electrons. The third-order valence-corrected chi connectivity index (χ3v) is 2.94. The highest BCUT2D eigenvalue weighted by atomic mass is 16.5. The first-order chi connectivity index (χ1) is 9.54. The number of phenolic OH excluding ortho intramolecular Hbond substituents is 2. The Morgan fingerprint density at radius 2 is 1.15 bits per heavy atom. The number of aromatic hydroxyl groups is 2. The lowest BCUT2D eigenvalue weighted by molar-refractivity contribution is 0.0776. The van der Waals surface area contributed by atoms with Gasteiger partial charge in [0.2, 0.25) is 0 Å². The number of hydrogen-bond donors (Lipinski definition) is 2. The smallest absolute Gasteiger partial charge is 0.132 e. The third kappa shape index (κ3) is 3.82. The molecule has 0 amide bonds. The molecule has 0 fully saturated rings. The molecular weight excluding hydrogens is 256 g/mol. The van der Waals surface area contributed by atoms with Crippen LogP contribution in [-0.2, 0) is 0 Å². The average molecular weight is 274 g/mol. The average Bonchev–Trinajstić information content (AvgIpc) is 2.38. The number of benzene rings is 2. The van der Waals surface area contributed by atoms with E-state index in [4.69, 9.17) is 9.47 Å². The zero-order valence-electron chi connectivity index (χ0n) is 11.5. The molecule has 0 saturated carbocycles. The van der Waals surface area contributed by atoms with E-state index in [2.05, 4.69) is 0 Å². The van der Waals surface area contributed by atoms with E-state index >= 15 is 0 Å². The fraction of sp³-hybridized carbons (Fsp3) is 0.250. The Bertz CT molecular complexity index is 516. The van der Waals surface area contributed by atoms with Gasteiger partial charge in [-0.05, 0) is 38.1 Å². The number of ether oxygens (including phenoxy) is 2. The fourth-order valence-corrected chi connectivity index (χ4v) is 1.73. The predicted molar refractivity (Wildman–Crippen MR) is 76.4 cm³/mol. The van der Waals surface area contributed by atoms with Crippen LogP contribution in [0.25, 0.3) is 0 Å². The van der Waals surface area contributed by atoms with Crippen LogP contribution in [0, 0.1) is 0 Å². The van der Waals surface area contributed by atoms with Gasteiger partial charge < -0.3 is 19.7 Å². The van der Waals surface area contributed by atoms with Crippen molar-refractivity contribution in [1.82, 2.24) is 0 Å². The Balaban J connectivity index is 1.96. The summed E-state index contributed by atoms with van der Waals surface area (Å²) in [5.74, 6) is 1.50. The van der Waals surface area contributed by atoms with Crippen LogP contribution in [0.4, 0.5) is 0 Å². The molecule has 0 aliphatic carbocycles. The second-order valence-corrected chi connectivity index (χ2v) is 4.64. The van der Waals surface area contributed by atoms with Crippen LogP contribution in [0.3, 0.4) is 0 Å². The molecule has 0 heterocycles. The van der Waals surface area contributed by atoms with E-state index in [1.54, 1.807) is 48.5 Å². The van der Waals surface area contributed by atoms with Crippen LogP contribution in [0.1, 0.15) is 13.8 Å². The highest BCUT2D eigenvalue weighted by Gasteiger charge is 2.16. The summed E-state index contributed by atoms with van der Waals surface area (Å²) in [6.07, 6.45) is -0.418. The highest BCUT2D eigenvalue weighted by Crippen LogP contribution is 2.22. The molecular formula is C16H18O4. The molecule has 2 aromatic rings. The predicted octanol–water partition coefficient (Wildman–Crippen LogP) is 3.33. The van der Waals surface area contributed by atoms with Gasteiger partial charge in [-0.3, -0.25) is 0 Å². The summed E-state index contributed by atoms with van der Waals surface area (Å²) < 4.78 is 11.4. The van der Waals surface area contributed by atoms with Gasteiger partial charge in [0.05, 0.1) is 0 Å². The van der Waals surface area contributed by atoms with E-state index in [1.165, 1.54) is 0 Å². The van der Waals surface area contributed by atoms with Crippen molar-refractivity contribution in [3.05, 3.63) is 48.5 Å². The SMILES string of the molecule is CC(Oc1cccc(O)c1)C(C)Oc1cccc(O)c1. The van der Waals surface area contributed by atoms with Crippen molar-refractivity contribution in [2.75, 3.05) is 0 Å². The zero-order chi connectivity index (χ0) is 14.5. The maximum absolute atomic E-state index is 9.39. The Morgan fingerprint density at radius 1 is 0.750 bits per heavy atom. The van der Waals surface area contributed by atoms with Crippen molar-refractivity contribution in [3.63, 3.8) is 0 Å². The Hall–Kier alpha value is -2.36. The van der Waals surface area contributed by atoms with Gasteiger partial charge >= 0.3 is 0 Å². The van der Waals surface area contributed by atoms with Gasteiger partial charge in [-0.1, -0.05) is 12.1 Å². The fourth-order valence-electron chi connectivity index (χ4n) is 1.73. The molecule has 0 aromatic heterocycles. The number of rotatable bonds is 5. The minimum Gasteiger partial charge on any atom is -0.508 e. The van der Waals surface area contributed by atoms with Crippen LogP contribution < -0.4 is 9.47 Å². The van der Waals surface area contributed by atoms with Gasteiger partial charge in [0.25, 0.3) is 0 Å². The van der Waals surface area contributed by atoms with Gasteiger partial charge in [0.1, 0.15) is 35.2 Å². The van der Waals surface area contributed by atoms with Gasteiger partial charge in [-0.2, -0.15) is 0 Å². The molecule has 2 N–H and O–H groups in total. The normalized spacial score (nSPS) is 13.5. The van der Waals surface area contributed by atoms with Crippen LogP contribution in [0.5, 0.6) is 23.0 Å².